The molecular formula is C15H21FN2O. The Balaban J connectivity index is 1.96. The highest BCUT2D eigenvalue weighted by molar-refractivity contribution is 5.95. The molecule has 1 aliphatic rings. The number of benzene rings is 1. The first-order chi connectivity index (χ1) is 9.10. The van der Waals surface area contributed by atoms with Crippen LogP contribution < -0.4 is 11.1 Å². The Kier molecular flexibility index (Phi) is 4.40. The van der Waals surface area contributed by atoms with Crippen LogP contribution in [-0.2, 0) is 0 Å². The van der Waals surface area contributed by atoms with E-state index in [0.717, 1.165) is 31.6 Å². The van der Waals surface area contributed by atoms with Crippen molar-refractivity contribution < 1.29 is 9.18 Å². The molecule has 1 fully saturated rings. The van der Waals surface area contributed by atoms with Crippen LogP contribution in [0, 0.1) is 11.7 Å². The average Bonchev–Trinajstić information content (AvgIpc) is 2.42. The standard InChI is InChI=1S/C15H21FN2O/c1-2-10-3-6-12(7-4-10)18-15(19)13-9-11(17)5-8-14(13)16/h5,8-10,12H,2-4,6-7,17H2,1H3,(H,18,19). The van der Waals surface area contributed by atoms with Gasteiger partial charge in [-0.15, -0.1) is 0 Å². The Bertz CT molecular complexity index is 453. The van der Waals surface area contributed by atoms with E-state index in [1.165, 1.54) is 24.6 Å². The SMILES string of the molecule is CCC1CCC(NC(=O)c2cc(N)ccc2F)CC1. The number of carbonyl (C=O) groups is 1. The number of carbonyl (C=O) groups excluding carboxylic acids is 1. The third kappa shape index (κ3) is 3.46. The maximum Gasteiger partial charge on any atom is 0.254 e. The summed E-state index contributed by atoms with van der Waals surface area (Å²) in [6.45, 7) is 2.20. The molecule has 0 aliphatic heterocycles. The van der Waals surface area contributed by atoms with E-state index >= 15 is 0 Å². The number of nitrogens with two attached hydrogens (primary N) is 1. The summed E-state index contributed by atoms with van der Waals surface area (Å²) in [6, 6.07) is 4.25. The zero-order chi connectivity index (χ0) is 13.8. The maximum absolute atomic E-state index is 13.6. The predicted octanol–water partition coefficient (Wildman–Crippen LogP) is 3.11. The lowest BCUT2D eigenvalue weighted by Crippen LogP contribution is -2.38. The Hall–Kier alpha value is -1.58. The summed E-state index contributed by atoms with van der Waals surface area (Å²) in [4.78, 5) is 12.0. The van der Waals surface area contributed by atoms with E-state index in [1.54, 1.807) is 0 Å². The molecule has 1 saturated carbocycles. The lowest BCUT2D eigenvalue weighted by atomic mass is 9.84. The summed E-state index contributed by atoms with van der Waals surface area (Å²) in [5.74, 6) is -0.101. The summed E-state index contributed by atoms with van der Waals surface area (Å²) < 4.78 is 13.6. The van der Waals surface area contributed by atoms with Crippen LogP contribution >= 0.6 is 0 Å². The zero-order valence-corrected chi connectivity index (χ0v) is 11.3. The monoisotopic (exact) mass is 264 g/mol. The van der Waals surface area contributed by atoms with Gasteiger partial charge in [0.1, 0.15) is 5.82 Å². The first kappa shape index (κ1) is 13.8. The van der Waals surface area contributed by atoms with E-state index in [9.17, 15) is 9.18 Å². The molecule has 19 heavy (non-hydrogen) atoms. The molecule has 0 heterocycles. The number of nitrogen functional groups attached to an aromatic ring is 1. The summed E-state index contributed by atoms with van der Waals surface area (Å²) >= 11 is 0. The van der Waals surface area contributed by atoms with E-state index in [4.69, 9.17) is 5.73 Å². The fourth-order valence-corrected chi connectivity index (χ4v) is 2.70. The first-order valence-corrected chi connectivity index (χ1v) is 6.96. The van der Waals surface area contributed by atoms with Gasteiger partial charge in [0.25, 0.3) is 5.91 Å². The third-order valence-electron chi connectivity index (χ3n) is 3.99. The molecule has 2 rings (SSSR count). The van der Waals surface area contributed by atoms with Gasteiger partial charge in [-0.1, -0.05) is 13.3 Å². The second kappa shape index (κ2) is 6.04. The van der Waals surface area contributed by atoms with E-state index < -0.39 is 5.82 Å². The average molecular weight is 264 g/mol. The van der Waals surface area contributed by atoms with Gasteiger partial charge in [-0.2, -0.15) is 0 Å². The Morgan fingerprint density at radius 1 is 1.37 bits per heavy atom. The predicted molar refractivity (Wildman–Crippen MR) is 74.3 cm³/mol. The van der Waals surface area contributed by atoms with Crippen molar-refractivity contribution in [3.8, 4) is 0 Å². The van der Waals surface area contributed by atoms with E-state index in [0.29, 0.717) is 5.69 Å². The van der Waals surface area contributed by atoms with Gasteiger partial charge in [0.2, 0.25) is 0 Å². The molecule has 0 radical (unpaired) electrons. The molecule has 0 spiro atoms. The second-order valence-electron chi connectivity index (χ2n) is 5.34. The number of halogens is 1. The van der Waals surface area contributed by atoms with Gasteiger partial charge < -0.3 is 11.1 Å². The van der Waals surface area contributed by atoms with Crippen molar-refractivity contribution in [3.05, 3.63) is 29.6 Å². The van der Waals surface area contributed by atoms with Crippen LogP contribution in [-0.4, -0.2) is 11.9 Å². The fraction of sp³-hybridized carbons (Fsp3) is 0.533. The molecule has 4 heteroatoms. The van der Waals surface area contributed by atoms with E-state index in [2.05, 4.69) is 12.2 Å². The van der Waals surface area contributed by atoms with Gasteiger partial charge >= 0.3 is 0 Å². The van der Waals surface area contributed by atoms with Crippen molar-refractivity contribution in [1.29, 1.82) is 0 Å². The number of nitrogens with one attached hydrogen (secondary N) is 1. The van der Waals surface area contributed by atoms with Crippen LogP contribution in [0.2, 0.25) is 0 Å². The molecule has 1 amide bonds. The summed E-state index contributed by atoms with van der Waals surface area (Å²) in [5, 5.41) is 2.91. The molecule has 0 bridgehead atoms. The van der Waals surface area contributed by atoms with Gasteiger partial charge in [0.05, 0.1) is 5.56 Å². The van der Waals surface area contributed by atoms with Crippen molar-refractivity contribution in [1.82, 2.24) is 5.32 Å². The number of anilines is 1. The smallest absolute Gasteiger partial charge is 0.254 e. The minimum atomic E-state index is -0.519. The Morgan fingerprint density at radius 2 is 2.05 bits per heavy atom. The molecule has 1 aliphatic carbocycles. The van der Waals surface area contributed by atoms with Crippen molar-refractivity contribution in [2.24, 2.45) is 5.92 Å². The molecule has 0 aromatic heterocycles. The lowest BCUT2D eigenvalue weighted by molar-refractivity contribution is 0.0917. The minimum Gasteiger partial charge on any atom is -0.399 e. The summed E-state index contributed by atoms with van der Waals surface area (Å²) in [7, 11) is 0. The quantitative estimate of drug-likeness (QED) is 0.824. The summed E-state index contributed by atoms with van der Waals surface area (Å²) in [6.07, 6.45) is 5.44. The van der Waals surface area contributed by atoms with Gasteiger partial charge in [-0.3, -0.25) is 4.79 Å². The van der Waals surface area contributed by atoms with E-state index in [1.807, 2.05) is 0 Å². The number of rotatable bonds is 3. The highest BCUT2D eigenvalue weighted by Crippen LogP contribution is 2.26. The molecule has 1 aromatic rings. The maximum atomic E-state index is 13.6. The van der Waals surface area contributed by atoms with Crippen LogP contribution in [0.5, 0.6) is 0 Å². The van der Waals surface area contributed by atoms with Gasteiger partial charge in [-0.05, 0) is 49.8 Å². The van der Waals surface area contributed by atoms with Gasteiger partial charge in [0.15, 0.2) is 0 Å². The van der Waals surface area contributed by atoms with Crippen LogP contribution in [0.4, 0.5) is 10.1 Å². The minimum absolute atomic E-state index is 0.0395. The molecule has 104 valence electrons. The fourth-order valence-electron chi connectivity index (χ4n) is 2.70. The molecule has 3 N–H and O–H groups in total. The molecule has 0 unspecified atom stereocenters. The van der Waals surface area contributed by atoms with Crippen molar-refractivity contribution in [2.45, 2.75) is 45.1 Å². The highest BCUT2D eigenvalue weighted by atomic mass is 19.1. The molecule has 0 saturated heterocycles. The van der Waals surface area contributed by atoms with Crippen LogP contribution in [0.1, 0.15) is 49.4 Å². The third-order valence-corrected chi connectivity index (χ3v) is 3.99. The van der Waals surface area contributed by atoms with Crippen molar-refractivity contribution >= 4 is 11.6 Å². The number of amides is 1. The Labute approximate surface area is 113 Å². The topological polar surface area (TPSA) is 55.1 Å². The van der Waals surface area contributed by atoms with Crippen LogP contribution in [0.15, 0.2) is 18.2 Å². The van der Waals surface area contributed by atoms with Crippen LogP contribution in [0.3, 0.4) is 0 Å². The molecular weight excluding hydrogens is 243 g/mol. The largest absolute Gasteiger partial charge is 0.399 e. The van der Waals surface area contributed by atoms with Crippen molar-refractivity contribution in [3.63, 3.8) is 0 Å². The van der Waals surface area contributed by atoms with Crippen LogP contribution in [0.25, 0.3) is 0 Å². The second-order valence-corrected chi connectivity index (χ2v) is 5.34. The van der Waals surface area contributed by atoms with Gasteiger partial charge in [-0.25, -0.2) is 4.39 Å². The van der Waals surface area contributed by atoms with Gasteiger partial charge in [0, 0.05) is 11.7 Å². The zero-order valence-electron chi connectivity index (χ0n) is 11.3. The lowest BCUT2D eigenvalue weighted by Gasteiger charge is -2.28. The molecule has 0 atom stereocenters. The number of hydrogen-bond acceptors (Lipinski definition) is 2. The van der Waals surface area contributed by atoms with E-state index in [-0.39, 0.29) is 17.5 Å². The molecule has 3 nitrogen and oxygen atoms in total. The first-order valence-electron chi connectivity index (χ1n) is 6.96. The molecule has 1 aromatic carbocycles. The summed E-state index contributed by atoms with van der Waals surface area (Å²) in [5.41, 5.74) is 6.03. The number of hydrogen-bond donors (Lipinski definition) is 2. The Morgan fingerprint density at radius 3 is 2.68 bits per heavy atom. The van der Waals surface area contributed by atoms with Crippen molar-refractivity contribution in [2.75, 3.05) is 5.73 Å². The highest BCUT2D eigenvalue weighted by Gasteiger charge is 2.22. The normalized spacial score (nSPS) is 23.1.